The van der Waals surface area contributed by atoms with E-state index in [1.54, 1.807) is 42.5 Å². The Morgan fingerprint density at radius 1 is 0.926 bits per heavy atom. The third kappa shape index (κ3) is 4.65. The minimum absolute atomic E-state index is 0.0194. The van der Waals surface area contributed by atoms with Crippen LogP contribution in [-0.2, 0) is 4.79 Å². The minimum atomic E-state index is -0.270. The van der Waals surface area contributed by atoms with E-state index in [2.05, 4.69) is 15.6 Å². The van der Waals surface area contributed by atoms with Crippen LogP contribution in [-0.4, -0.2) is 22.6 Å². The number of rotatable bonds is 5. The summed E-state index contributed by atoms with van der Waals surface area (Å²) in [6.07, 6.45) is 1.52. The number of nitrogens with zero attached hydrogens (tertiary/aromatic N) is 1. The first-order chi connectivity index (χ1) is 12.9. The van der Waals surface area contributed by atoms with E-state index < -0.39 is 0 Å². The van der Waals surface area contributed by atoms with Crippen LogP contribution in [0.5, 0.6) is 0 Å². The zero-order valence-electron chi connectivity index (χ0n) is 14.8. The van der Waals surface area contributed by atoms with Gasteiger partial charge in [-0.25, -0.2) is 4.98 Å². The van der Waals surface area contributed by atoms with Crippen LogP contribution in [0, 0.1) is 0 Å². The summed E-state index contributed by atoms with van der Waals surface area (Å²) in [6.45, 7) is 2.94. The number of Topliss-reactive ketones (excluding diaryl/α,β-unsaturated/α-hetero) is 1. The van der Waals surface area contributed by atoms with Crippen LogP contribution >= 0.6 is 11.3 Å². The van der Waals surface area contributed by atoms with Crippen LogP contribution in [0.1, 0.15) is 33.9 Å². The summed E-state index contributed by atoms with van der Waals surface area (Å²) < 4.78 is 0. The second kappa shape index (κ2) is 7.92. The Labute approximate surface area is 160 Å². The average molecular weight is 379 g/mol. The summed E-state index contributed by atoms with van der Waals surface area (Å²) >= 11 is 1.25. The van der Waals surface area contributed by atoms with E-state index in [4.69, 9.17) is 0 Å². The molecule has 0 spiro atoms. The normalized spacial score (nSPS) is 10.3. The fourth-order valence-electron chi connectivity index (χ4n) is 2.42. The maximum atomic E-state index is 12.4. The fourth-order valence-corrected chi connectivity index (χ4v) is 3.22. The van der Waals surface area contributed by atoms with Crippen molar-refractivity contribution in [1.29, 1.82) is 0 Å². The molecule has 0 aliphatic carbocycles. The molecule has 0 unspecified atom stereocenters. The zero-order chi connectivity index (χ0) is 19.4. The van der Waals surface area contributed by atoms with E-state index in [1.807, 2.05) is 6.07 Å². The van der Waals surface area contributed by atoms with Gasteiger partial charge in [-0.3, -0.25) is 14.4 Å². The number of anilines is 2. The summed E-state index contributed by atoms with van der Waals surface area (Å²) in [7, 11) is 0. The highest BCUT2D eigenvalue weighted by Gasteiger charge is 2.13. The molecule has 0 atom stereocenters. The van der Waals surface area contributed by atoms with Gasteiger partial charge in [0.25, 0.3) is 5.91 Å². The van der Waals surface area contributed by atoms with E-state index in [0.717, 1.165) is 5.56 Å². The van der Waals surface area contributed by atoms with Crippen molar-refractivity contribution in [2.45, 2.75) is 13.8 Å². The third-order valence-electron chi connectivity index (χ3n) is 3.71. The van der Waals surface area contributed by atoms with Gasteiger partial charge in [0.05, 0.1) is 6.20 Å². The molecule has 2 N–H and O–H groups in total. The van der Waals surface area contributed by atoms with Crippen molar-refractivity contribution in [1.82, 2.24) is 4.98 Å². The van der Waals surface area contributed by atoms with Gasteiger partial charge in [-0.2, -0.15) is 0 Å². The Kier molecular flexibility index (Phi) is 5.42. The van der Waals surface area contributed by atoms with Crippen LogP contribution in [0.4, 0.5) is 11.4 Å². The first-order valence-corrected chi connectivity index (χ1v) is 9.00. The van der Waals surface area contributed by atoms with E-state index in [1.165, 1.54) is 31.4 Å². The molecule has 27 heavy (non-hydrogen) atoms. The van der Waals surface area contributed by atoms with Crippen LogP contribution in [0.15, 0.2) is 54.7 Å². The zero-order valence-corrected chi connectivity index (χ0v) is 15.6. The molecule has 3 aromatic rings. The SMILES string of the molecule is CC(=O)Nc1ccc(NC(=O)c2cnc(-c3cccc(C(C)=O)c3)s2)cc1. The second-order valence-corrected chi connectivity index (χ2v) is 6.91. The van der Waals surface area contributed by atoms with Crippen molar-refractivity contribution in [2.24, 2.45) is 0 Å². The molecule has 0 aliphatic heterocycles. The molecular formula is C20H17N3O3S. The predicted octanol–water partition coefficient (Wildman–Crippen LogP) is 4.22. The third-order valence-corrected chi connectivity index (χ3v) is 4.75. The molecular weight excluding hydrogens is 362 g/mol. The highest BCUT2D eigenvalue weighted by molar-refractivity contribution is 7.17. The van der Waals surface area contributed by atoms with E-state index in [9.17, 15) is 14.4 Å². The van der Waals surface area contributed by atoms with Crippen LogP contribution < -0.4 is 10.6 Å². The number of aromatic nitrogens is 1. The number of nitrogens with one attached hydrogen (secondary N) is 2. The fraction of sp³-hybridized carbons (Fsp3) is 0.100. The number of carbonyl (C=O) groups is 3. The highest BCUT2D eigenvalue weighted by atomic mass is 32.1. The van der Waals surface area contributed by atoms with Gasteiger partial charge in [-0.15, -0.1) is 11.3 Å². The van der Waals surface area contributed by atoms with Crippen molar-refractivity contribution < 1.29 is 14.4 Å². The van der Waals surface area contributed by atoms with Crippen LogP contribution in [0.25, 0.3) is 10.6 Å². The summed E-state index contributed by atoms with van der Waals surface area (Å²) in [5.74, 6) is -0.444. The van der Waals surface area contributed by atoms with E-state index >= 15 is 0 Å². The van der Waals surface area contributed by atoms with E-state index in [-0.39, 0.29) is 17.6 Å². The molecule has 0 saturated carbocycles. The molecule has 1 heterocycles. The quantitative estimate of drug-likeness (QED) is 0.650. The number of hydrogen-bond donors (Lipinski definition) is 2. The smallest absolute Gasteiger partial charge is 0.267 e. The molecule has 2 aromatic carbocycles. The average Bonchev–Trinajstić information content (AvgIpc) is 3.13. The lowest BCUT2D eigenvalue weighted by Crippen LogP contribution is -2.10. The summed E-state index contributed by atoms with van der Waals surface area (Å²) in [5, 5.41) is 6.14. The number of hydrogen-bond acceptors (Lipinski definition) is 5. The number of carbonyl (C=O) groups excluding carboxylic acids is 3. The van der Waals surface area contributed by atoms with Crippen molar-refractivity contribution in [3.63, 3.8) is 0 Å². The van der Waals surface area contributed by atoms with Gasteiger partial charge in [0, 0.05) is 29.4 Å². The molecule has 3 rings (SSSR count). The molecule has 0 aliphatic rings. The molecule has 0 bridgehead atoms. The van der Waals surface area contributed by atoms with Crippen molar-refractivity contribution in [3.05, 3.63) is 65.2 Å². The molecule has 0 fully saturated rings. The lowest BCUT2D eigenvalue weighted by Gasteiger charge is -2.05. The lowest BCUT2D eigenvalue weighted by molar-refractivity contribution is -0.114. The lowest BCUT2D eigenvalue weighted by atomic mass is 10.1. The van der Waals surface area contributed by atoms with Crippen molar-refractivity contribution in [3.8, 4) is 10.6 Å². The van der Waals surface area contributed by atoms with Gasteiger partial charge in [0.15, 0.2) is 5.78 Å². The highest BCUT2D eigenvalue weighted by Crippen LogP contribution is 2.26. The molecule has 0 radical (unpaired) electrons. The topological polar surface area (TPSA) is 88.2 Å². The second-order valence-electron chi connectivity index (χ2n) is 5.88. The van der Waals surface area contributed by atoms with Gasteiger partial charge in [-0.1, -0.05) is 18.2 Å². The summed E-state index contributed by atoms with van der Waals surface area (Å²) in [4.78, 5) is 39.7. The maximum Gasteiger partial charge on any atom is 0.267 e. The van der Waals surface area contributed by atoms with Gasteiger partial charge >= 0.3 is 0 Å². The molecule has 6 nitrogen and oxygen atoms in total. The molecule has 7 heteroatoms. The first-order valence-electron chi connectivity index (χ1n) is 8.18. The van der Waals surface area contributed by atoms with Gasteiger partial charge in [0.2, 0.25) is 5.91 Å². The summed E-state index contributed by atoms with van der Waals surface area (Å²) in [5.41, 5.74) is 2.67. The van der Waals surface area contributed by atoms with Gasteiger partial charge < -0.3 is 10.6 Å². The Hall–Kier alpha value is -3.32. The Bertz CT molecular complexity index is 1010. The van der Waals surface area contributed by atoms with Gasteiger partial charge in [0.1, 0.15) is 9.88 Å². The molecule has 2 amide bonds. The van der Waals surface area contributed by atoms with Gasteiger partial charge in [-0.05, 0) is 37.3 Å². The number of ketones is 1. The Morgan fingerprint density at radius 2 is 1.59 bits per heavy atom. The Morgan fingerprint density at radius 3 is 2.22 bits per heavy atom. The minimum Gasteiger partial charge on any atom is -0.326 e. The molecule has 136 valence electrons. The first kappa shape index (κ1) is 18.5. The van der Waals surface area contributed by atoms with Crippen molar-refractivity contribution in [2.75, 3.05) is 10.6 Å². The standard InChI is InChI=1S/C20H17N3O3S/c1-12(24)14-4-3-5-15(10-14)20-21-11-18(27-20)19(26)23-17-8-6-16(7-9-17)22-13(2)25/h3-11H,1-2H3,(H,22,25)(H,23,26). The number of benzene rings is 2. The van der Waals surface area contributed by atoms with Crippen molar-refractivity contribution >= 4 is 40.3 Å². The number of amides is 2. The Balaban J connectivity index is 1.72. The van der Waals surface area contributed by atoms with Crippen LogP contribution in [0.3, 0.4) is 0 Å². The molecule has 1 aromatic heterocycles. The summed E-state index contributed by atoms with van der Waals surface area (Å²) in [6, 6.07) is 14.0. The maximum absolute atomic E-state index is 12.4. The largest absolute Gasteiger partial charge is 0.326 e. The number of thiazole rings is 1. The van der Waals surface area contributed by atoms with E-state index in [0.29, 0.717) is 26.8 Å². The monoisotopic (exact) mass is 379 g/mol. The predicted molar refractivity (Wildman–Crippen MR) is 106 cm³/mol. The molecule has 0 saturated heterocycles. The van der Waals surface area contributed by atoms with Crippen LogP contribution in [0.2, 0.25) is 0 Å².